The minimum Gasteiger partial charge on any atom is -0.464 e. The summed E-state index contributed by atoms with van der Waals surface area (Å²) < 4.78 is 48.0. The summed E-state index contributed by atoms with van der Waals surface area (Å²) in [6.07, 6.45) is -6.63. The molecule has 15 nitrogen and oxygen atoms in total. The lowest BCUT2D eigenvalue weighted by atomic mass is 10.1. The van der Waals surface area contributed by atoms with E-state index in [0.29, 0.717) is 0 Å². The van der Waals surface area contributed by atoms with Crippen LogP contribution in [0.15, 0.2) is 6.33 Å². The van der Waals surface area contributed by atoms with Gasteiger partial charge in [0.1, 0.15) is 17.8 Å². The summed E-state index contributed by atoms with van der Waals surface area (Å²) in [4.78, 5) is 54.8. The number of carbonyl (C=O) groups is 2. The van der Waals surface area contributed by atoms with E-state index in [0.717, 1.165) is 10.9 Å². The lowest BCUT2D eigenvalue weighted by Gasteiger charge is -2.20. The highest BCUT2D eigenvalue weighted by Gasteiger charge is 2.48. The Labute approximate surface area is 214 Å². The number of aromatic nitrogens is 4. The van der Waals surface area contributed by atoms with Crippen molar-refractivity contribution in [2.24, 2.45) is 0 Å². The molecular weight excluding hydrogens is 544 g/mol. The number of imidazole rings is 1. The van der Waals surface area contributed by atoms with Gasteiger partial charge in [-0.25, -0.2) is 19.0 Å². The number of hydrogen-bond acceptors (Lipinski definition) is 11. The van der Waals surface area contributed by atoms with Gasteiger partial charge in [0.15, 0.2) is 29.4 Å². The van der Waals surface area contributed by atoms with Crippen molar-refractivity contribution in [2.75, 3.05) is 18.5 Å². The third kappa shape index (κ3) is 6.90. The number of alkyl halides is 1. The number of halogens is 2. The summed E-state index contributed by atoms with van der Waals surface area (Å²) in [6.45, 7) is 5.46. The molecule has 4 N–H and O–H groups in total. The molecule has 0 spiro atoms. The summed E-state index contributed by atoms with van der Waals surface area (Å²) in [5.41, 5.74) is -0.867. The van der Waals surface area contributed by atoms with E-state index in [1.165, 1.54) is 6.92 Å². The van der Waals surface area contributed by atoms with Gasteiger partial charge in [-0.3, -0.25) is 14.4 Å². The van der Waals surface area contributed by atoms with Crippen LogP contribution in [0.4, 0.5) is 15.0 Å². The first kappa shape index (κ1) is 29.1. The topological polar surface area (TPSA) is 204 Å². The van der Waals surface area contributed by atoms with Crippen molar-refractivity contribution in [2.45, 2.75) is 63.7 Å². The minimum atomic E-state index is -5.10. The first-order chi connectivity index (χ1) is 17.1. The zero-order valence-corrected chi connectivity index (χ0v) is 21.7. The van der Waals surface area contributed by atoms with Crippen LogP contribution in [-0.4, -0.2) is 89.5 Å². The Balaban J connectivity index is 1.82. The molecular formula is C19H26ClFN5O10P. The highest BCUT2D eigenvalue weighted by molar-refractivity contribution is 7.53. The van der Waals surface area contributed by atoms with Crippen molar-refractivity contribution >= 4 is 48.2 Å². The molecule has 0 aromatic carbocycles. The molecule has 37 heavy (non-hydrogen) atoms. The highest BCUT2D eigenvalue weighted by atomic mass is 35.5. The molecule has 18 heteroatoms. The zero-order chi connectivity index (χ0) is 27.7. The summed E-state index contributed by atoms with van der Waals surface area (Å²) in [7, 11) is -5.10. The molecule has 2 aromatic rings. The molecule has 0 saturated carbocycles. The fraction of sp³-hybridized carbons (Fsp3) is 0.632. The first-order valence-corrected chi connectivity index (χ1v) is 12.9. The number of fused-ring (bicyclic) bond motifs is 1. The van der Waals surface area contributed by atoms with Crippen molar-refractivity contribution < 1.29 is 52.4 Å². The van der Waals surface area contributed by atoms with Gasteiger partial charge >= 0.3 is 19.7 Å². The number of aliphatic hydroxyl groups is 1. The largest absolute Gasteiger partial charge is 0.464 e. The SMILES string of the molecule is CCOC(=O)C(OC[C@H]1O[C@@H](n2cnc3c(NC(=O)OC(C)(C)C)nc(Cl)nc32)[C@@H](F)[C@@H]1O)P(=O)(O)O. The number of anilines is 1. The summed E-state index contributed by atoms with van der Waals surface area (Å²) in [5.74, 6) is -3.74. The second-order valence-electron chi connectivity index (χ2n) is 8.82. The molecule has 1 amide bonds. The molecule has 0 radical (unpaired) electrons. The maximum absolute atomic E-state index is 15.1. The molecule has 5 atom stereocenters. The Kier molecular flexibility index (Phi) is 8.74. The predicted octanol–water partition coefficient (Wildman–Crippen LogP) is 1.51. The monoisotopic (exact) mass is 569 g/mol. The fourth-order valence-corrected chi connectivity index (χ4v) is 4.12. The molecule has 1 aliphatic heterocycles. The number of esters is 1. The lowest BCUT2D eigenvalue weighted by Crippen LogP contribution is -2.35. The number of rotatable bonds is 8. The maximum atomic E-state index is 15.1. The predicted molar refractivity (Wildman–Crippen MR) is 123 cm³/mol. The van der Waals surface area contributed by atoms with E-state index >= 15 is 4.39 Å². The van der Waals surface area contributed by atoms with Gasteiger partial charge < -0.3 is 33.8 Å². The van der Waals surface area contributed by atoms with E-state index in [9.17, 15) is 29.0 Å². The van der Waals surface area contributed by atoms with Gasteiger partial charge in [-0.15, -0.1) is 0 Å². The number of ether oxygens (including phenoxy) is 4. The van der Waals surface area contributed by atoms with Crippen LogP contribution in [0.3, 0.4) is 0 Å². The van der Waals surface area contributed by atoms with Crippen molar-refractivity contribution in [3.05, 3.63) is 11.6 Å². The maximum Gasteiger partial charge on any atom is 0.413 e. The van der Waals surface area contributed by atoms with Crippen molar-refractivity contribution in [1.82, 2.24) is 19.5 Å². The molecule has 2 aromatic heterocycles. The van der Waals surface area contributed by atoms with E-state index in [-0.39, 0.29) is 28.9 Å². The quantitative estimate of drug-likeness (QED) is 0.202. The lowest BCUT2D eigenvalue weighted by molar-refractivity contribution is -0.155. The van der Waals surface area contributed by atoms with Crippen LogP contribution in [0.1, 0.15) is 33.9 Å². The standard InChI is InChI=1S/C19H26ClFN5O10P/c1-5-33-15(28)16(37(30,31)32)34-6-8-11(27)9(21)14(35-8)26-7-22-10-12(23-17(20)25-13(10)26)24-18(29)36-19(2,3)4/h7-9,11,14,16,27H,5-6H2,1-4H3,(H2,30,31,32)(H,23,24,25,29)/t8-,9+,11-,14-,16?/m1/s1. The summed E-state index contributed by atoms with van der Waals surface area (Å²) in [5, 5.41) is 12.4. The van der Waals surface area contributed by atoms with E-state index in [1.54, 1.807) is 20.8 Å². The van der Waals surface area contributed by atoms with E-state index in [4.69, 9.17) is 25.8 Å². The molecule has 1 fully saturated rings. The van der Waals surface area contributed by atoms with Crippen LogP contribution in [0.5, 0.6) is 0 Å². The van der Waals surface area contributed by atoms with Gasteiger partial charge in [-0.05, 0) is 39.3 Å². The van der Waals surface area contributed by atoms with Crippen molar-refractivity contribution in [3.63, 3.8) is 0 Å². The molecule has 3 heterocycles. The van der Waals surface area contributed by atoms with Crippen LogP contribution in [0, 0.1) is 0 Å². The Hall–Kier alpha value is -2.46. The Morgan fingerprint density at radius 3 is 2.62 bits per heavy atom. The molecule has 1 saturated heterocycles. The van der Waals surface area contributed by atoms with Crippen LogP contribution < -0.4 is 5.32 Å². The number of hydrogen-bond donors (Lipinski definition) is 4. The van der Waals surface area contributed by atoms with E-state index < -0.39 is 62.3 Å². The molecule has 206 valence electrons. The van der Waals surface area contributed by atoms with Crippen molar-refractivity contribution in [1.29, 1.82) is 0 Å². The molecule has 3 rings (SSSR count). The Morgan fingerprint density at radius 2 is 2.03 bits per heavy atom. The van der Waals surface area contributed by atoms with Crippen LogP contribution >= 0.6 is 19.2 Å². The number of nitrogens with one attached hydrogen (secondary N) is 1. The van der Waals surface area contributed by atoms with Gasteiger partial charge in [0.25, 0.3) is 5.85 Å². The van der Waals surface area contributed by atoms with Crippen LogP contribution in [-0.2, 0) is 28.3 Å². The van der Waals surface area contributed by atoms with Crippen molar-refractivity contribution in [3.8, 4) is 0 Å². The average molecular weight is 570 g/mol. The first-order valence-electron chi connectivity index (χ1n) is 10.8. The number of carbonyl (C=O) groups excluding carboxylic acids is 2. The molecule has 1 unspecified atom stereocenters. The smallest absolute Gasteiger partial charge is 0.413 e. The second kappa shape index (κ2) is 11.1. The average Bonchev–Trinajstić information content (AvgIpc) is 3.27. The number of nitrogens with zero attached hydrogens (tertiary/aromatic N) is 4. The number of aliphatic hydroxyl groups excluding tert-OH is 1. The molecule has 0 bridgehead atoms. The summed E-state index contributed by atoms with van der Waals surface area (Å²) >= 11 is 5.98. The highest BCUT2D eigenvalue weighted by Crippen LogP contribution is 2.43. The normalized spacial score (nSPS) is 23.2. The van der Waals surface area contributed by atoms with Gasteiger partial charge in [0.2, 0.25) is 5.28 Å². The fourth-order valence-electron chi connectivity index (χ4n) is 3.33. The van der Waals surface area contributed by atoms with Crippen LogP contribution in [0.25, 0.3) is 11.2 Å². The van der Waals surface area contributed by atoms with Gasteiger partial charge in [-0.1, -0.05) is 0 Å². The van der Waals surface area contributed by atoms with Gasteiger partial charge in [0.05, 0.1) is 19.5 Å². The minimum absolute atomic E-state index is 0.00382. The van der Waals surface area contributed by atoms with Gasteiger partial charge in [-0.2, -0.15) is 9.97 Å². The van der Waals surface area contributed by atoms with Gasteiger partial charge in [0, 0.05) is 0 Å². The Bertz CT molecular complexity index is 1200. The summed E-state index contributed by atoms with van der Waals surface area (Å²) in [6, 6.07) is 0. The second-order valence-corrected chi connectivity index (χ2v) is 10.8. The zero-order valence-electron chi connectivity index (χ0n) is 20.1. The molecule has 1 aliphatic rings. The molecule has 0 aliphatic carbocycles. The van der Waals surface area contributed by atoms with E-state index in [1.807, 2.05) is 0 Å². The van der Waals surface area contributed by atoms with Crippen LogP contribution in [0.2, 0.25) is 5.28 Å². The Morgan fingerprint density at radius 1 is 1.35 bits per heavy atom. The third-order valence-electron chi connectivity index (χ3n) is 4.79. The number of amides is 1. The van der Waals surface area contributed by atoms with E-state index in [2.05, 4.69) is 25.0 Å². The third-order valence-corrected chi connectivity index (χ3v) is 5.93.